The van der Waals surface area contributed by atoms with Gasteiger partial charge in [0.2, 0.25) is 0 Å². The maximum absolute atomic E-state index is 12.3. The molecule has 8 heteroatoms. The number of ether oxygens (including phenoxy) is 3. The van der Waals surface area contributed by atoms with Crippen LogP contribution < -0.4 is 19.5 Å². The molecule has 0 spiro atoms. The normalized spacial score (nSPS) is 11.3. The number of rotatable bonds is 7. The third-order valence-corrected chi connectivity index (χ3v) is 3.40. The maximum Gasteiger partial charge on any atom is 0.296 e. The van der Waals surface area contributed by atoms with Gasteiger partial charge in [0.05, 0.1) is 25.2 Å². The van der Waals surface area contributed by atoms with Crippen molar-refractivity contribution in [1.82, 2.24) is 0 Å². The van der Waals surface area contributed by atoms with Gasteiger partial charge in [0, 0.05) is 0 Å². The zero-order valence-electron chi connectivity index (χ0n) is 14.0. The number of carbonyl (C=O) groups excluding carboxylic acids is 1. The first-order valence-corrected chi connectivity index (χ1v) is 7.38. The van der Waals surface area contributed by atoms with Crippen LogP contribution in [-0.2, 0) is 4.79 Å². The zero-order chi connectivity index (χ0) is 18.4. The van der Waals surface area contributed by atoms with E-state index < -0.39 is 16.9 Å². The fourth-order valence-electron chi connectivity index (χ4n) is 2.04. The Hall–Kier alpha value is -3.29. The molecule has 2 aromatic carbocycles. The fourth-order valence-corrected chi connectivity index (χ4v) is 2.04. The van der Waals surface area contributed by atoms with Crippen LogP contribution >= 0.6 is 0 Å². The van der Waals surface area contributed by atoms with E-state index in [9.17, 15) is 14.9 Å². The molecule has 132 valence electrons. The molecule has 8 nitrogen and oxygen atoms in total. The molecule has 2 aromatic rings. The molecule has 0 aliphatic rings. The number of nitrogens with zero attached hydrogens (tertiary/aromatic N) is 1. The van der Waals surface area contributed by atoms with Gasteiger partial charge in [0.25, 0.3) is 11.6 Å². The quantitative estimate of drug-likeness (QED) is 0.611. The molecule has 2 rings (SSSR count). The predicted octanol–water partition coefficient (Wildman–Crippen LogP) is 3.02. The number of hydrogen-bond acceptors (Lipinski definition) is 6. The molecule has 0 heterocycles. The molecule has 0 aliphatic heterocycles. The molecule has 0 aliphatic carbocycles. The first-order chi connectivity index (χ1) is 11.9. The molecule has 0 unspecified atom stereocenters. The van der Waals surface area contributed by atoms with E-state index >= 15 is 0 Å². The van der Waals surface area contributed by atoms with Crippen LogP contribution in [0.15, 0.2) is 42.5 Å². The summed E-state index contributed by atoms with van der Waals surface area (Å²) in [5.41, 5.74) is -0.190. The van der Waals surface area contributed by atoms with Crippen molar-refractivity contribution < 1.29 is 23.9 Å². The Labute approximate surface area is 144 Å². The predicted molar refractivity (Wildman–Crippen MR) is 91.4 cm³/mol. The number of nitro groups is 1. The highest BCUT2D eigenvalue weighted by atomic mass is 16.6. The van der Waals surface area contributed by atoms with Crippen LogP contribution in [0.2, 0.25) is 0 Å². The van der Waals surface area contributed by atoms with Gasteiger partial charge in [-0.15, -0.1) is 0 Å². The number of nitrogens with one attached hydrogen (secondary N) is 1. The Bertz CT molecular complexity index is 760. The topological polar surface area (TPSA) is 99.9 Å². The Morgan fingerprint density at radius 2 is 1.60 bits per heavy atom. The van der Waals surface area contributed by atoms with Crippen LogP contribution in [0.5, 0.6) is 17.2 Å². The van der Waals surface area contributed by atoms with Gasteiger partial charge in [0.1, 0.15) is 22.9 Å². The molecule has 0 saturated carbocycles. The molecule has 0 saturated heterocycles. The lowest BCUT2D eigenvalue weighted by atomic mass is 10.2. The number of methoxy groups -OCH3 is 2. The SMILES string of the molecule is COc1ccc(O[C@@H](C)C(=O)Nc2ccc(OC)cc2[N+](=O)[O-])cc1. The van der Waals surface area contributed by atoms with Crippen LogP contribution in [0.3, 0.4) is 0 Å². The summed E-state index contributed by atoms with van der Waals surface area (Å²) >= 11 is 0. The average molecular weight is 346 g/mol. The molecule has 0 radical (unpaired) electrons. The molecule has 1 N–H and O–H groups in total. The van der Waals surface area contributed by atoms with Gasteiger partial charge in [-0.1, -0.05) is 0 Å². The molecule has 0 bridgehead atoms. The summed E-state index contributed by atoms with van der Waals surface area (Å²) in [5.74, 6) is 0.960. The number of carbonyl (C=O) groups is 1. The number of anilines is 1. The van der Waals surface area contributed by atoms with Gasteiger partial charge >= 0.3 is 0 Å². The molecular formula is C17H18N2O6. The second-order valence-corrected chi connectivity index (χ2v) is 5.07. The number of amides is 1. The minimum absolute atomic E-state index is 0.0704. The van der Waals surface area contributed by atoms with Crippen LogP contribution in [0.1, 0.15) is 6.92 Å². The van der Waals surface area contributed by atoms with E-state index in [2.05, 4.69) is 5.32 Å². The van der Waals surface area contributed by atoms with E-state index in [4.69, 9.17) is 14.2 Å². The van der Waals surface area contributed by atoms with Crippen molar-refractivity contribution in [2.75, 3.05) is 19.5 Å². The largest absolute Gasteiger partial charge is 0.497 e. The molecular weight excluding hydrogens is 328 g/mol. The highest BCUT2D eigenvalue weighted by Gasteiger charge is 2.21. The van der Waals surface area contributed by atoms with Crippen molar-refractivity contribution in [2.45, 2.75) is 13.0 Å². The van der Waals surface area contributed by atoms with E-state index in [0.717, 1.165) is 0 Å². The summed E-state index contributed by atoms with van der Waals surface area (Å²) in [6, 6.07) is 10.9. The van der Waals surface area contributed by atoms with E-state index in [-0.39, 0.29) is 11.4 Å². The van der Waals surface area contributed by atoms with E-state index in [1.54, 1.807) is 38.3 Å². The van der Waals surface area contributed by atoms with Crippen LogP contribution in [0, 0.1) is 10.1 Å². The Kier molecular flexibility index (Phi) is 5.78. The van der Waals surface area contributed by atoms with Crippen molar-refractivity contribution in [1.29, 1.82) is 0 Å². The minimum atomic E-state index is -0.852. The highest BCUT2D eigenvalue weighted by molar-refractivity contribution is 5.96. The van der Waals surface area contributed by atoms with Crippen molar-refractivity contribution in [3.05, 3.63) is 52.6 Å². The van der Waals surface area contributed by atoms with Crippen molar-refractivity contribution in [2.24, 2.45) is 0 Å². The number of benzene rings is 2. The molecule has 1 amide bonds. The summed E-state index contributed by atoms with van der Waals surface area (Å²) in [7, 11) is 2.95. The van der Waals surface area contributed by atoms with Crippen molar-refractivity contribution in [3.8, 4) is 17.2 Å². The lowest BCUT2D eigenvalue weighted by Crippen LogP contribution is -2.30. The third-order valence-electron chi connectivity index (χ3n) is 3.40. The molecule has 0 fully saturated rings. The zero-order valence-corrected chi connectivity index (χ0v) is 14.0. The lowest BCUT2D eigenvalue weighted by molar-refractivity contribution is -0.384. The van der Waals surface area contributed by atoms with Crippen molar-refractivity contribution in [3.63, 3.8) is 0 Å². The van der Waals surface area contributed by atoms with Gasteiger partial charge in [-0.25, -0.2) is 0 Å². The Balaban J connectivity index is 2.08. The summed E-state index contributed by atoms with van der Waals surface area (Å²) in [5, 5.41) is 13.6. The first kappa shape index (κ1) is 18.1. The number of hydrogen-bond donors (Lipinski definition) is 1. The van der Waals surface area contributed by atoms with Gasteiger partial charge in [-0.05, 0) is 43.3 Å². The highest BCUT2D eigenvalue weighted by Crippen LogP contribution is 2.29. The van der Waals surface area contributed by atoms with Gasteiger partial charge in [-0.3, -0.25) is 14.9 Å². The van der Waals surface area contributed by atoms with Crippen LogP contribution in [0.4, 0.5) is 11.4 Å². The number of nitro benzene ring substituents is 1. The standard InChI is InChI=1S/C17H18N2O6/c1-11(25-13-6-4-12(23-2)5-7-13)17(20)18-15-9-8-14(24-3)10-16(15)19(21)22/h4-11H,1-3H3,(H,18,20)/t11-/m0/s1. The Morgan fingerprint density at radius 3 is 2.16 bits per heavy atom. The second kappa shape index (κ2) is 8.00. The third kappa shape index (κ3) is 4.60. The summed E-state index contributed by atoms with van der Waals surface area (Å²) < 4.78 is 15.5. The van der Waals surface area contributed by atoms with Crippen molar-refractivity contribution >= 4 is 17.3 Å². The molecule has 0 aromatic heterocycles. The average Bonchev–Trinajstić information content (AvgIpc) is 2.62. The summed E-state index contributed by atoms with van der Waals surface area (Å²) in [4.78, 5) is 22.8. The Morgan fingerprint density at radius 1 is 1.04 bits per heavy atom. The minimum Gasteiger partial charge on any atom is -0.497 e. The maximum atomic E-state index is 12.3. The monoisotopic (exact) mass is 346 g/mol. The smallest absolute Gasteiger partial charge is 0.296 e. The summed E-state index contributed by atoms with van der Waals surface area (Å²) in [6.45, 7) is 1.55. The van der Waals surface area contributed by atoms with Crippen LogP contribution in [-0.4, -0.2) is 31.2 Å². The lowest BCUT2D eigenvalue weighted by Gasteiger charge is -2.15. The van der Waals surface area contributed by atoms with Gasteiger partial charge in [-0.2, -0.15) is 0 Å². The second-order valence-electron chi connectivity index (χ2n) is 5.07. The summed E-state index contributed by atoms with van der Waals surface area (Å²) in [6.07, 6.45) is -0.852. The fraction of sp³-hybridized carbons (Fsp3) is 0.235. The van der Waals surface area contributed by atoms with Gasteiger partial charge in [0.15, 0.2) is 6.10 Å². The first-order valence-electron chi connectivity index (χ1n) is 7.38. The molecule has 25 heavy (non-hydrogen) atoms. The van der Waals surface area contributed by atoms with Gasteiger partial charge < -0.3 is 19.5 Å². The molecule has 1 atom stereocenters. The van der Waals surface area contributed by atoms with E-state index in [1.165, 1.54) is 25.3 Å². The van der Waals surface area contributed by atoms with E-state index in [0.29, 0.717) is 17.2 Å². The van der Waals surface area contributed by atoms with E-state index in [1.807, 2.05) is 0 Å². The van der Waals surface area contributed by atoms with Crippen LogP contribution in [0.25, 0.3) is 0 Å².